The lowest BCUT2D eigenvalue weighted by molar-refractivity contribution is 0.101. The van der Waals surface area contributed by atoms with Crippen LogP contribution in [-0.4, -0.2) is 12.6 Å². The van der Waals surface area contributed by atoms with E-state index < -0.39 is 0 Å². The van der Waals surface area contributed by atoms with E-state index in [0.29, 0.717) is 5.75 Å². The molecule has 0 saturated heterocycles. The van der Waals surface area contributed by atoms with Gasteiger partial charge in [0.15, 0.2) is 17.3 Å². The van der Waals surface area contributed by atoms with Crippen LogP contribution in [0.25, 0.3) is 0 Å². The fraction of sp³-hybridized carbons (Fsp3) is 0.364. The summed E-state index contributed by atoms with van der Waals surface area (Å²) >= 11 is 0. The molecule has 1 heterocycles. The van der Waals surface area contributed by atoms with Gasteiger partial charge in [-0.05, 0) is 31.0 Å². The van der Waals surface area contributed by atoms with Gasteiger partial charge in [0.25, 0.3) is 0 Å². The van der Waals surface area contributed by atoms with E-state index in [1.165, 1.54) is 0 Å². The zero-order valence-corrected chi connectivity index (χ0v) is 8.29. The first kappa shape index (κ1) is 9.06. The fourth-order valence-electron chi connectivity index (χ4n) is 1.60. The van der Waals surface area contributed by atoms with E-state index in [1.807, 2.05) is 13.0 Å². The Kier molecular flexibility index (Phi) is 2.15. The number of benzene rings is 1. The molecule has 0 radical (unpaired) electrons. The highest BCUT2D eigenvalue weighted by molar-refractivity contribution is 5.96. The number of carbonyl (C=O) groups excluding carboxylic acids is 1. The molecule has 0 aromatic heterocycles. The van der Waals surface area contributed by atoms with Crippen molar-refractivity contribution in [2.24, 2.45) is 0 Å². The Labute approximate surface area is 82.6 Å². The largest absolute Gasteiger partial charge is 0.454 e. The monoisotopic (exact) mass is 192 g/mol. The molecular weight excluding hydrogens is 180 g/mol. The number of ketones is 1. The third kappa shape index (κ3) is 1.35. The first-order valence-electron chi connectivity index (χ1n) is 4.66. The Hall–Kier alpha value is -1.51. The van der Waals surface area contributed by atoms with Crippen LogP contribution in [0.5, 0.6) is 11.5 Å². The smallest absolute Gasteiger partial charge is 0.231 e. The van der Waals surface area contributed by atoms with E-state index in [1.54, 1.807) is 13.0 Å². The highest BCUT2D eigenvalue weighted by Gasteiger charge is 2.17. The second-order valence-corrected chi connectivity index (χ2v) is 3.27. The molecule has 0 bridgehead atoms. The zero-order chi connectivity index (χ0) is 10.1. The summed E-state index contributed by atoms with van der Waals surface area (Å²) in [6.45, 7) is 3.83. The first-order valence-corrected chi connectivity index (χ1v) is 4.66. The molecule has 1 aliphatic heterocycles. The van der Waals surface area contributed by atoms with Gasteiger partial charge in [-0.1, -0.05) is 6.92 Å². The molecule has 0 N–H and O–H groups in total. The minimum absolute atomic E-state index is 0.0696. The fourth-order valence-corrected chi connectivity index (χ4v) is 1.60. The third-order valence-corrected chi connectivity index (χ3v) is 2.36. The normalized spacial score (nSPS) is 13.0. The number of carbonyl (C=O) groups is 1. The summed E-state index contributed by atoms with van der Waals surface area (Å²) in [4.78, 5) is 11.3. The summed E-state index contributed by atoms with van der Waals surface area (Å²) in [5, 5.41) is 0. The molecule has 74 valence electrons. The van der Waals surface area contributed by atoms with E-state index in [-0.39, 0.29) is 12.6 Å². The highest BCUT2D eigenvalue weighted by Crippen LogP contribution is 2.35. The van der Waals surface area contributed by atoms with Crippen LogP contribution >= 0.6 is 0 Å². The summed E-state index contributed by atoms with van der Waals surface area (Å²) in [5.41, 5.74) is 1.75. The third-order valence-electron chi connectivity index (χ3n) is 2.36. The summed E-state index contributed by atoms with van der Waals surface area (Å²) in [7, 11) is 0. The Balaban J connectivity index is 2.54. The van der Waals surface area contributed by atoms with E-state index in [9.17, 15) is 4.79 Å². The molecule has 3 heteroatoms. The molecule has 2 rings (SSSR count). The molecule has 0 spiro atoms. The van der Waals surface area contributed by atoms with E-state index in [4.69, 9.17) is 9.47 Å². The minimum atomic E-state index is 0.0696. The van der Waals surface area contributed by atoms with Crippen LogP contribution in [0.3, 0.4) is 0 Å². The second-order valence-electron chi connectivity index (χ2n) is 3.27. The number of hydrogen-bond acceptors (Lipinski definition) is 3. The lowest BCUT2D eigenvalue weighted by Crippen LogP contribution is -1.98. The quantitative estimate of drug-likeness (QED) is 0.674. The first-order chi connectivity index (χ1) is 6.72. The van der Waals surface area contributed by atoms with Crippen LogP contribution in [-0.2, 0) is 6.42 Å². The summed E-state index contributed by atoms with van der Waals surface area (Å²) < 4.78 is 10.5. The maximum absolute atomic E-state index is 11.3. The molecule has 14 heavy (non-hydrogen) atoms. The van der Waals surface area contributed by atoms with E-state index in [2.05, 4.69) is 0 Å². The van der Waals surface area contributed by atoms with Crippen LogP contribution in [0.1, 0.15) is 29.8 Å². The Morgan fingerprint density at radius 3 is 2.57 bits per heavy atom. The van der Waals surface area contributed by atoms with Gasteiger partial charge >= 0.3 is 0 Å². The molecule has 1 aliphatic rings. The van der Waals surface area contributed by atoms with Gasteiger partial charge in [0, 0.05) is 5.56 Å². The van der Waals surface area contributed by atoms with Crippen molar-refractivity contribution in [3.8, 4) is 11.5 Å². The highest BCUT2D eigenvalue weighted by atomic mass is 16.7. The van der Waals surface area contributed by atoms with Crippen molar-refractivity contribution in [1.82, 2.24) is 0 Å². The molecule has 0 unspecified atom stereocenters. The SMILES string of the molecule is CCc1cc2c(cc1C(C)=O)OCO2. The van der Waals surface area contributed by atoms with Crippen LogP contribution in [0.2, 0.25) is 0 Å². The number of fused-ring (bicyclic) bond motifs is 1. The molecule has 0 aliphatic carbocycles. The second kappa shape index (κ2) is 3.33. The summed E-state index contributed by atoms with van der Waals surface area (Å²) in [5.74, 6) is 1.49. The van der Waals surface area contributed by atoms with Gasteiger partial charge in [-0.3, -0.25) is 4.79 Å². The number of ether oxygens (including phenoxy) is 2. The van der Waals surface area contributed by atoms with Gasteiger partial charge in [0.05, 0.1) is 0 Å². The average Bonchev–Trinajstić information content (AvgIpc) is 2.62. The minimum Gasteiger partial charge on any atom is -0.454 e. The van der Waals surface area contributed by atoms with Gasteiger partial charge in [-0.15, -0.1) is 0 Å². The van der Waals surface area contributed by atoms with Gasteiger partial charge < -0.3 is 9.47 Å². The van der Waals surface area contributed by atoms with E-state index in [0.717, 1.165) is 23.3 Å². The predicted octanol–water partition coefficient (Wildman–Crippen LogP) is 2.18. The standard InChI is InChI=1S/C11H12O3/c1-3-8-4-10-11(14-6-13-10)5-9(8)7(2)12/h4-5H,3,6H2,1-2H3. The van der Waals surface area contributed by atoms with Crippen LogP contribution in [0.4, 0.5) is 0 Å². The van der Waals surface area contributed by atoms with Crippen molar-refractivity contribution in [2.75, 3.05) is 6.79 Å². The Morgan fingerprint density at radius 1 is 1.36 bits per heavy atom. The predicted molar refractivity (Wildman–Crippen MR) is 51.9 cm³/mol. The molecule has 3 nitrogen and oxygen atoms in total. The van der Waals surface area contributed by atoms with Crippen molar-refractivity contribution in [3.05, 3.63) is 23.3 Å². The van der Waals surface area contributed by atoms with Crippen molar-refractivity contribution >= 4 is 5.78 Å². The van der Waals surface area contributed by atoms with Crippen LogP contribution < -0.4 is 9.47 Å². The summed E-state index contributed by atoms with van der Waals surface area (Å²) in [6, 6.07) is 3.66. The van der Waals surface area contributed by atoms with Crippen LogP contribution in [0.15, 0.2) is 12.1 Å². The number of hydrogen-bond donors (Lipinski definition) is 0. The topological polar surface area (TPSA) is 35.5 Å². The van der Waals surface area contributed by atoms with Gasteiger partial charge in [-0.2, -0.15) is 0 Å². The Morgan fingerprint density at radius 2 is 2.00 bits per heavy atom. The Bertz CT molecular complexity index is 382. The van der Waals surface area contributed by atoms with Gasteiger partial charge in [0.2, 0.25) is 6.79 Å². The lowest BCUT2D eigenvalue weighted by Gasteiger charge is -2.05. The number of rotatable bonds is 2. The van der Waals surface area contributed by atoms with Gasteiger partial charge in [0.1, 0.15) is 0 Å². The van der Waals surface area contributed by atoms with E-state index >= 15 is 0 Å². The lowest BCUT2D eigenvalue weighted by atomic mass is 10.0. The molecular formula is C11H12O3. The van der Waals surface area contributed by atoms with Crippen LogP contribution in [0, 0.1) is 0 Å². The molecule has 0 fully saturated rings. The summed E-state index contributed by atoms with van der Waals surface area (Å²) in [6.07, 6.45) is 0.825. The average molecular weight is 192 g/mol. The van der Waals surface area contributed by atoms with Crippen molar-refractivity contribution in [1.29, 1.82) is 0 Å². The molecule has 0 amide bonds. The molecule has 0 atom stereocenters. The van der Waals surface area contributed by atoms with Crippen molar-refractivity contribution in [3.63, 3.8) is 0 Å². The zero-order valence-electron chi connectivity index (χ0n) is 8.29. The van der Waals surface area contributed by atoms with Gasteiger partial charge in [-0.25, -0.2) is 0 Å². The molecule has 1 aromatic carbocycles. The molecule has 1 aromatic rings. The number of aryl methyl sites for hydroxylation is 1. The van der Waals surface area contributed by atoms with Crippen molar-refractivity contribution < 1.29 is 14.3 Å². The molecule has 0 saturated carbocycles. The maximum atomic E-state index is 11.3. The maximum Gasteiger partial charge on any atom is 0.231 e. The number of Topliss-reactive ketones (excluding diaryl/α,β-unsaturated/α-hetero) is 1. The van der Waals surface area contributed by atoms with Crippen molar-refractivity contribution in [2.45, 2.75) is 20.3 Å².